The highest BCUT2D eigenvalue weighted by Gasteiger charge is 2.15. The molecule has 3 N–H and O–H groups in total. The molecule has 4 heterocycles. The zero-order valence-electron chi connectivity index (χ0n) is 17.5. The maximum Gasteiger partial charge on any atom is 0.132 e. The molecule has 29 heavy (non-hydrogen) atoms. The third-order valence-corrected chi connectivity index (χ3v) is 4.83. The smallest absolute Gasteiger partial charge is 0.132 e. The Morgan fingerprint density at radius 1 is 1.07 bits per heavy atom. The first-order chi connectivity index (χ1) is 13.8. The van der Waals surface area contributed by atoms with Gasteiger partial charge in [-0.1, -0.05) is 13.8 Å². The van der Waals surface area contributed by atoms with Crippen molar-refractivity contribution in [3.05, 3.63) is 60.5 Å². The second-order valence-corrected chi connectivity index (χ2v) is 8.55. The van der Waals surface area contributed by atoms with Crippen LogP contribution >= 0.6 is 0 Å². The summed E-state index contributed by atoms with van der Waals surface area (Å²) in [6, 6.07) is 5.96. The molecule has 0 amide bonds. The number of nitrogens with zero attached hydrogens (tertiary/aromatic N) is 4. The minimum atomic E-state index is -0.0596. The van der Waals surface area contributed by atoms with Crippen LogP contribution in [0, 0.1) is 5.92 Å². The molecule has 4 rings (SSSR count). The lowest BCUT2D eigenvalue weighted by Crippen LogP contribution is -2.33. The summed E-state index contributed by atoms with van der Waals surface area (Å²) in [5.41, 5.74) is 11.1. The Labute approximate surface area is 170 Å². The predicted molar refractivity (Wildman–Crippen MR) is 117 cm³/mol. The molecule has 3 aromatic rings. The lowest BCUT2D eigenvalue weighted by atomic mass is 10.0. The van der Waals surface area contributed by atoms with Crippen LogP contribution in [0.1, 0.15) is 34.6 Å². The number of pyridine rings is 2. The van der Waals surface area contributed by atoms with Gasteiger partial charge < -0.3 is 10.7 Å². The molecule has 150 valence electrons. The van der Waals surface area contributed by atoms with Crippen LogP contribution < -0.4 is 16.2 Å². The first-order valence-electron chi connectivity index (χ1n) is 9.82. The molecule has 7 nitrogen and oxygen atoms in total. The Morgan fingerprint density at radius 2 is 1.90 bits per heavy atom. The van der Waals surface area contributed by atoms with E-state index >= 15 is 0 Å². The molecule has 0 unspecified atom stereocenters. The van der Waals surface area contributed by atoms with Crippen LogP contribution in [0.3, 0.4) is 0 Å². The maximum absolute atomic E-state index is 4.75. The first-order valence-corrected chi connectivity index (χ1v) is 9.82. The Hall–Kier alpha value is -3.35. The van der Waals surface area contributed by atoms with Crippen LogP contribution in [0.2, 0.25) is 0 Å². The Kier molecular flexibility index (Phi) is 4.74. The van der Waals surface area contributed by atoms with Gasteiger partial charge in [-0.15, -0.1) is 0 Å². The van der Waals surface area contributed by atoms with Crippen molar-refractivity contribution in [3.8, 4) is 11.1 Å². The number of aromatic nitrogens is 4. The summed E-state index contributed by atoms with van der Waals surface area (Å²) in [4.78, 5) is 9.33. The monoisotopic (exact) mass is 389 g/mol. The molecule has 1 aliphatic rings. The molecule has 0 saturated carbocycles. The van der Waals surface area contributed by atoms with Crippen LogP contribution in [0.25, 0.3) is 22.2 Å². The standard InChI is InChI=1S/C22H27N7/c1-14(2)15-9-21(28-24-11-15)27-20-7-6-18-19(26-20)8-16(10-23-18)17-12-25-29(13-17)22(3,4)5/h6-14,24,28H,1-5H3,(H,26,27). The molecule has 1 aliphatic heterocycles. The summed E-state index contributed by atoms with van der Waals surface area (Å²) in [7, 11) is 0. The van der Waals surface area contributed by atoms with Crippen molar-refractivity contribution < 1.29 is 0 Å². The second kappa shape index (κ2) is 7.24. The molecule has 0 spiro atoms. The molecule has 0 atom stereocenters. The molecular weight excluding hydrogens is 362 g/mol. The molecule has 0 aliphatic carbocycles. The van der Waals surface area contributed by atoms with Gasteiger partial charge >= 0.3 is 0 Å². The van der Waals surface area contributed by atoms with E-state index in [1.54, 1.807) is 0 Å². The van der Waals surface area contributed by atoms with Crippen LogP contribution in [0.15, 0.2) is 60.5 Å². The van der Waals surface area contributed by atoms with E-state index in [0.29, 0.717) is 5.92 Å². The molecule has 0 saturated heterocycles. The molecule has 0 aromatic carbocycles. The average Bonchev–Trinajstić information content (AvgIpc) is 3.18. The zero-order valence-corrected chi connectivity index (χ0v) is 17.5. The van der Waals surface area contributed by atoms with Crippen LogP contribution in [0.5, 0.6) is 0 Å². The maximum atomic E-state index is 4.75. The third kappa shape index (κ3) is 4.08. The molecule has 7 heteroatoms. The molecule has 3 aromatic heterocycles. The largest absolute Gasteiger partial charge is 0.325 e. The second-order valence-electron chi connectivity index (χ2n) is 8.55. The Balaban J connectivity index is 1.62. The van der Waals surface area contributed by atoms with Crippen molar-refractivity contribution in [2.75, 3.05) is 5.32 Å². The number of nitrogens with one attached hydrogen (secondary N) is 3. The van der Waals surface area contributed by atoms with Gasteiger partial charge in [-0.25, -0.2) is 4.98 Å². The Morgan fingerprint density at radius 3 is 2.62 bits per heavy atom. The fraction of sp³-hybridized carbons (Fsp3) is 0.318. The van der Waals surface area contributed by atoms with Gasteiger partial charge in [0.05, 0.1) is 22.8 Å². The normalized spacial score (nSPS) is 14.3. The third-order valence-electron chi connectivity index (χ3n) is 4.83. The number of hydrazine groups is 1. The highest BCUT2D eigenvalue weighted by atomic mass is 15.4. The topological polar surface area (TPSA) is 79.7 Å². The SMILES string of the molecule is CC(C)C1=CNNC(Nc2ccc3ncc(-c4cnn(C(C)(C)C)c4)cc3n2)=C1. The number of hydrogen-bond donors (Lipinski definition) is 3. The van der Waals surface area contributed by atoms with Gasteiger partial charge in [0.1, 0.15) is 11.6 Å². The van der Waals surface area contributed by atoms with Crippen molar-refractivity contribution in [2.45, 2.75) is 40.2 Å². The highest BCUT2D eigenvalue weighted by Crippen LogP contribution is 2.25. The summed E-state index contributed by atoms with van der Waals surface area (Å²) in [6.07, 6.45) is 9.85. The predicted octanol–water partition coefficient (Wildman–Crippen LogP) is 4.15. The fourth-order valence-electron chi connectivity index (χ4n) is 3.05. The summed E-state index contributed by atoms with van der Waals surface area (Å²) < 4.78 is 1.96. The summed E-state index contributed by atoms with van der Waals surface area (Å²) >= 11 is 0. The minimum absolute atomic E-state index is 0.0596. The van der Waals surface area contributed by atoms with E-state index in [4.69, 9.17) is 4.98 Å². The molecular formula is C22H27N7. The van der Waals surface area contributed by atoms with E-state index in [9.17, 15) is 0 Å². The van der Waals surface area contributed by atoms with E-state index in [0.717, 1.165) is 33.8 Å². The van der Waals surface area contributed by atoms with E-state index in [2.05, 4.69) is 73.0 Å². The number of rotatable bonds is 4. The van der Waals surface area contributed by atoms with Crippen molar-refractivity contribution in [1.29, 1.82) is 0 Å². The summed E-state index contributed by atoms with van der Waals surface area (Å²) in [5.74, 6) is 2.05. The average molecular weight is 390 g/mol. The van der Waals surface area contributed by atoms with Crippen LogP contribution in [-0.2, 0) is 5.54 Å². The van der Waals surface area contributed by atoms with Gasteiger partial charge in [0, 0.05) is 29.7 Å². The highest BCUT2D eigenvalue weighted by molar-refractivity contribution is 5.81. The number of anilines is 1. The lowest BCUT2D eigenvalue weighted by molar-refractivity contribution is 0.355. The van der Waals surface area contributed by atoms with Crippen molar-refractivity contribution in [2.24, 2.45) is 5.92 Å². The van der Waals surface area contributed by atoms with Gasteiger partial charge in [0.25, 0.3) is 0 Å². The van der Waals surface area contributed by atoms with Crippen molar-refractivity contribution >= 4 is 16.9 Å². The number of hydrogen-bond acceptors (Lipinski definition) is 6. The van der Waals surface area contributed by atoms with Gasteiger partial charge in [-0.2, -0.15) is 5.10 Å². The molecule has 0 bridgehead atoms. The zero-order chi connectivity index (χ0) is 20.6. The van der Waals surface area contributed by atoms with Gasteiger partial charge in [0.2, 0.25) is 0 Å². The number of fused-ring (bicyclic) bond motifs is 1. The van der Waals surface area contributed by atoms with Gasteiger partial charge in [-0.05, 0) is 56.5 Å². The van der Waals surface area contributed by atoms with Crippen LogP contribution in [-0.4, -0.2) is 19.7 Å². The van der Waals surface area contributed by atoms with E-state index in [-0.39, 0.29) is 5.54 Å². The van der Waals surface area contributed by atoms with E-state index in [1.165, 1.54) is 5.57 Å². The van der Waals surface area contributed by atoms with E-state index in [1.807, 2.05) is 41.6 Å². The van der Waals surface area contributed by atoms with Gasteiger partial charge in [-0.3, -0.25) is 15.1 Å². The lowest BCUT2D eigenvalue weighted by Gasteiger charge is -2.20. The first kappa shape index (κ1) is 19.0. The summed E-state index contributed by atoms with van der Waals surface area (Å²) in [6.45, 7) is 10.7. The minimum Gasteiger partial charge on any atom is -0.325 e. The summed E-state index contributed by atoms with van der Waals surface area (Å²) in [5, 5.41) is 7.82. The van der Waals surface area contributed by atoms with Gasteiger partial charge in [0.15, 0.2) is 0 Å². The number of allylic oxidation sites excluding steroid dienone is 2. The van der Waals surface area contributed by atoms with E-state index < -0.39 is 0 Å². The molecule has 0 fully saturated rings. The van der Waals surface area contributed by atoms with Crippen molar-refractivity contribution in [1.82, 2.24) is 30.6 Å². The van der Waals surface area contributed by atoms with Crippen molar-refractivity contribution in [3.63, 3.8) is 0 Å². The Bertz CT molecular complexity index is 1100. The van der Waals surface area contributed by atoms with Crippen LogP contribution in [0.4, 0.5) is 5.82 Å². The fourth-order valence-corrected chi connectivity index (χ4v) is 3.05. The molecule has 0 radical (unpaired) electrons. The quantitative estimate of drug-likeness (QED) is 0.622.